The molecule has 0 bridgehead atoms. The van der Waals surface area contributed by atoms with E-state index in [0.717, 1.165) is 19.3 Å². The minimum Gasteiger partial charge on any atom is -0.481 e. The first-order chi connectivity index (χ1) is 9.51. The number of amides is 1. The fourth-order valence-corrected chi connectivity index (χ4v) is 2.75. The van der Waals surface area contributed by atoms with Gasteiger partial charge in [-0.1, -0.05) is 25.3 Å². The van der Waals surface area contributed by atoms with Crippen molar-refractivity contribution in [3.05, 3.63) is 34.2 Å². The van der Waals surface area contributed by atoms with E-state index in [9.17, 15) is 14.4 Å². The first kappa shape index (κ1) is 14.3. The minimum atomic E-state index is -0.922. The average Bonchev–Trinajstić information content (AvgIpc) is 2.38. The van der Waals surface area contributed by atoms with Crippen molar-refractivity contribution in [3.8, 4) is 0 Å². The van der Waals surface area contributed by atoms with Gasteiger partial charge in [-0.3, -0.25) is 14.4 Å². The summed E-state index contributed by atoms with van der Waals surface area (Å²) in [4.78, 5) is 36.9. The molecule has 1 heterocycles. The second kappa shape index (κ2) is 5.90. The summed E-state index contributed by atoms with van der Waals surface area (Å²) >= 11 is 0. The lowest BCUT2D eigenvalue weighted by atomic mass is 9.79. The van der Waals surface area contributed by atoms with Crippen molar-refractivity contribution >= 4 is 11.9 Å². The summed E-state index contributed by atoms with van der Waals surface area (Å²) in [6.07, 6.45) is 4.08. The molecule has 0 atom stereocenters. The zero-order valence-corrected chi connectivity index (χ0v) is 11.1. The van der Waals surface area contributed by atoms with E-state index in [-0.39, 0.29) is 17.7 Å². The van der Waals surface area contributed by atoms with E-state index in [1.54, 1.807) is 0 Å². The summed E-state index contributed by atoms with van der Waals surface area (Å²) in [5, 5.41) is 11.9. The molecule has 1 saturated carbocycles. The van der Waals surface area contributed by atoms with Gasteiger partial charge in [0.1, 0.15) is 5.69 Å². The number of H-pyrrole nitrogens is 1. The highest BCUT2D eigenvalue weighted by Crippen LogP contribution is 2.31. The maximum Gasteiger partial charge on any atom is 0.305 e. The number of carboxylic acids is 1. The van der Waals surface area contributed by atoms with Crippen LogP contribution in [0.5, 0.6) is 0 Å². The van der Waals surface area contributed by atoms with Gasteiger partial charge >= 0.3 is 5.97 Å². The standard InChI is InChI=1S/C14H18N2O4/c17-11-6-4-5-10(15-11)13(20)16-14(9-12(18)19)7-2-1-3-8-14/h4-6H,1-3,7-9H2,(H,15,17)(H,16,20)(H,18,19). The lowest BCUT2D eigenvalue weighted by Gasteiger charge is -2.36. The molecule has 2 rings (SSSR count). The number of carboxylic acid groups (broad SMARTS) is 1. The summed E-state index contributed by atoms with van der Waals surface area (Å²) < 4.78 is 0. The molecule has 1 aromatic heterocycles. The smallest absolute Gasteiger partial charge is 0.305 e. The average molecular weight is 278 g/mol. The Morgan fingerprint density at radius 2 is 1.95 bits per heavy atom. The maximum atomic E-state index is 12.2. The summed E-state index contributed by atoms with van der Waals surface area (Å²) in [7, 11) is 0. The molecule has 0 aromatic carbocycles. The number of rotatable bonds is 4. The highest BCUT2D eigenvalue weighted by atomic mass is 16.4. The minimum absolute atomic E-state index is 0.0875. The van der Waals surface area contributed by atoms with E-state index < -0.39 is 17.4 Å². The van der Waals surface area contributed by atoms with Gasteiger partial charge < -0.3 is 15.4 Å². The molecule has 6 nitrogen and oxygen atoms in total. The van der Waals surface area contributed by atoms with Crippen molar-refractivity contribution in [2.75, 3.05) is 0 Å². The maximum absolute atomic E-state index is 12.2. The molecule has 6 heteroatoms. The number of pyridine rings is 1. The molecule has 0 spiro atoms. The third kappa shape index (κ3) is 3.46. The van der Waals surface area contributed by atoms with Crippen LogP contribution >= 0.6 is 0 Å². The Labute approximate surface area is 116 Å². The van der Waals surface area contributed by atoms with Gasteiger partial charge in [-0.05, 0) is 18.9 Å². The van der Waals surface area contributed by atoms with Crippen LogP contribution in [-0.2, 0) is 4.79 Å². The molecule has 1 fully saturated rings. The van der Waals surface area contributed by atoms with Crippen LogP contribution in [-0.4, -0.2) is 27.5 Å². The van der Waals surface area contributed by atoms with Crippen molar-refractivity contribution in [3.63, 3.8) is 0 Å². The van der Waals surface area contributed by atoms with Crippen LogP contribution in [0, 0.1) is 0 Å². The van der Waals surface area contributed by atoms with Gasteiger partial charge in [0, 0.05) is 6.07 Å². The Hall–Kier alpha value is -2.11. The van der Waals surface area contributed by atoms with E-state index in [4.69, 9.17) is 5.11 Å². The van der Waals surface area contributed by atoms with Crippen LogP contribution in [0.15, 0.2) is 23.0 Å². The largest absolute Gasteiger partial charge is 0.481 e. The summed E-state index contributed by atoms with van der Waals surface area (Å²) in [5.74, 6) is -1.35. The van der Waals surface area contributed by atoms with Crippen LogP contribution < -0.4 is 10.9 Å². The Morgan fingerprint density at radius 3 is 2.55 bits per heavy atom. The first-order valence-electron chi connectivity index (χ1n) is 6.74. The number of hydrogen-bond acceptors (Lipinski definition) is 3. The Morgan fingerprint density at radius 1 is 1.25 bits per heavy atom. The van der Waals surface area contributed by atoms with Gasteiger partial charge in [0.15, 0.2) is 0 Å². The predicted octanol–water partition coefficient (Wildman–Crippen LogP) is 1.28. The van der Waals surface area contributed by atoms with Crippen LogP contribution in [0.2, 0.25) is 0 Å². The monoisotopic (exact) mass is 278 g/mol. The fourth-order valence-electron chi connectivity index (χ4n) is 2.75. The SMILES string of the molecule is O=C(O)CC1(NC(=O)c2cccc(=O)[nH]2)CCCCC1. The Bertz CT molecular complexity index is 558. The van der Waals surface area contributed by atoms with E-state index in [2.05, 4.69) is 10.3 Å². The van der Waals surface area contributed by atoms with Crippen molar-refractivity contribution < 1.29 is 14.7 Å². The predicted molar refractivity (Wildman–Crippen MR) is 72.6 cm³/mol. The molecule has 0 unspecified atom stereocenters. The third-order valence-electron chi connectivity index (χ3n) is 3.69. The number of aliphatic carboxylic acids is 1. The first-order valence-corrected chi connectivity index (χ1v) is 6.74. The van der Waals surface area contributed by atoms with Gasteiger partial charge in [-0.25, -0.2) is 0 Å². The van der Waals surface area contributed by atoms with Gasteiger partial charge in [0.25, 0.3) is 5.91 Å². The van der Waals surface area contributed by atoms with Gasteiger partial charge in [0.05, 0.1) is 12.0 Å². The highest BCUT2D eigenvalue weighted by molar-refractivity contribution is 5.93. The van der Waals surface area contributed by atoms with Crippen LogP contribution in [0.1, 0.15) is 49.0 Å². The number of carbonyl (C=O) groups is 2. The molecular formula is C14H18N2O4. The quantitative estimate of drug-likeness (QED) is 0.772. The van der Waals surface area contributed by atoms with Crippen molar-refractivity contribution in [2.45, 2.75) is 44.1 Å². The van der Waals surface area contributed by atoms with E-state index in [1.165, 1.54) is 18.2 Å². The Balaban J connectivity index is 2.17. The van der Waals surface area contributed by atoms with Gasteiger partial charge in [0.2, 0.25) is 5.56 Å². The summed E-state index contributed by atoms with van der Waals surface area (Å²) in [5.41, 5.74) is -0.894. The number of nitrogens with one attached hydrogen (secondary N) is 2. The molecule has 1 aliphatic rings. The molecule has 0 saturated heterocycles. The molecule has 1 aromatic rings. The zero-order valence-electron chi connectivity index (χ0n) is 11.1. The fraction of sp³-hybridized carbons (Fsp3) is 0.500. The lowest BCUT2D eigenvalue weighted by Crippen LogP contribution is -2.51. The van der Waals surface area contributed by atoms with Gasteiger partial charge in [-0.2, -0.15) is 0 Å². The summed E-state index contributed by atoms with van der Waals surface area (Å²) in [6.45, 7) is 0. The number of hydrogen-bond donors (Lipinski definition) is 3. The molecule has 108 valence electrons. The topological polar surface area (TPSA) is 99.3 Å². The molecule has 0 radical (unpaired) electrons. The second-order valence-electron chi connectivity index (χ2n) is 5.29. The van der Waals surface area contributed by atoms with Crippen molar-refractivity contribution in [1.29, 1.82) is 0 Å². The molecular weight excluding hydrogens is 260 g/mol. The van der Waals surface area contributed by atoms with Gasteiger partial charge in [-0.15, -0.1) is 0 Å². The number of aromatic amines is 1. The molecule has 20 heavy (non-hydrogen) atoms. The number of aromatic nitrogens is 1. The van der Waals surface area contributed by atoms with Crippen LogP contribution in [0.4, 0.5) is 0 Å². The molecule has 3 N–H and O–H groups in total. The molecule has 1 aliphatic carbocycles. The molecule has 0 aliphatic heterocycles. The van der Waals surface area contributed by atoms with Crippen molar-refractivity contribution in [2.24, 2.45) is 0 Å². The second-order valence-corrected chi connectivity index (χ2v) is 5.29. The van der Waals surface area contributed by atoms with E-state index in [1.807, 2.05) is 0 Å². The zero-order chi connectivity index (χ0) is 14.6. The Kier molecular flexibility index (Phi) is 4.22. The molecule has 1 amide bonds. The third-order valence-corrected chi connectivity index (χ3v) is 3.69. The van der Waals surface area contributed by atoms with Crippen LogP contribution in [0.25, 0.3) is 0 Å². The number of carbonyl (C=O) groups excluding carboxylic acids is 1. The van der Waals surface area contributed by atoms with Crippen molar-refractivity contribution in [1.82, 2.24) is 10.3 Å². The summed E-state index contributed by atoms with van der Waals surface area (Å²) in [6, 6.07) is 4.33. The van der Waals surface area contributed by atoms with E-state index in [0.29, 0.717) is 12.8 Å². The lowest BCUT2D eigenvalue weighted by molar-refractivity contribution is -0.139. The van der Waals surface area contributed by atoms with Crippen LogP contribution in [0.3, 0.4) is 0 Å². The highest BCUT2D eigenvalue weighted by Gasteiger charge is 2.36. The normalized spacial score (nSPS) is 17.4. The van der Waals surface area contributed by atoms with E-state index >= 15 is 0 Å².